The van der Waals surface area contributed by atoms with Gasteiger partial charge in [0.2, 0.25) is 0 Å². The third kappa shape index (κ3) is 2.68. The Bertz CT molecular complexity index is 438. The summed E-state index contributed by atoms with van der Waals surface area (Å²) < 4.78 is 23.4. The molecule has 0 spiro atoms. The first-order valence-corrected chi connectivity index (χ1v) is 4.27. The zero-order chi connectivity index (χ0) is 9.84. The van der Waals surface area contributed by atoms with E-state index in [1.54, 1.807) is 0 Å². The van der Waals surface area contributed by atoms with E-state index in [1.807, 2.05) is 0 Å². The standard InChI is InChI=1S/C7H5NO4S/c9-7(10)5-1-3-6(4-2-5)8-13(11)12/h1-4H,(H,9,10). The molecule has 0 saturated heterocycles. The number of carboxylic acid groups (broad SMARTS) is 1. The maximum Gasteiger partial charge on any atom is 0.335 e. The van der Waals surface area contributed by atoms with E-state index in [9.17, 15) is 13.2 Å². The van der Waals surface area contributed by atoms with E-state index in [1.165, 1.54) is 24.3 Å². The quantitative estimate of drug-likeness (QED) is 0.772. The molecule has 0 amide bonds. The van der Waals surface area contributed by atoms with Gasteiger partial charge in [-0.15, -0.1) is 4.36 Å². The maximum absolute atomic E-state index is 10.4. The number of carbonyl (C=O) groups is 1. The van der Waals surface area contributed by atoms with Gasteiger partial charge in [0.15, 0.2) is 0 Å². The summed E-state index contributed by atoms with van der Waals surface area (Å²) in [5.74, 6) is -1.06. The van der Waals surface area contributed by atoms with E-state index in [-0.39, 0.29) is 11.3 Å². The molecule has 0 heterocycles. The summed E-state index contributed by atoms with van der Waals surface area (Å²) in [5, 5.41) is 8.51. The number of hydrogen-bond donors (Lipinski definition) is 1. The Balaban J connectivity index is 3.07. The highest BCUT2D eigenvalue weighted by molar-refractivity contribution is 7.61. The van der Waals surface area contributed by atoms with Crippen molar-refractivity contribution in [3.63, 3.8) is 0 Å². The maximum atomic E-state index is 10.4. The van der Waals surface area contributed by atoms with Crippen LogP contribution >= 0.6 is 0 Å². The van der Waals surface area contributed by atoms with Crippen LogP contribution in [0.3, 0.4) is 0 Å². The third-order valence-electron chi connectivity index (χ3n) is 1.29. The average Bonchev–Trinajstić information content (AvgIpc) is 2.04. The van der Waals surface area contributed by atoms with Crippen LogP contribution < -0.4 is 0 Å². The smallest absolute Gasteiger partial charge is 0.335 e. The molecule has 13 heavy (non-hydrogen) atoms. The van der Waals surface area contributed by atoms with Gasteiger partial charge in [0, 0.05) is 0 Å². The first kappa shape index (κ1) is 9.40. The molecule has 0 atom stereocenters. The van der Waals surface area contributed by atoms with Crippen LogP contribution in [0.5, 0.6) is 0 Å². The van der Waals surface area contributed by atoms with Crippen molar-refractivity contribution < 1.29 is 18.3 Å². The molecule has 1 rings (SSSR count). The predicted molar refractivity (Wildman–Crippen MR) is 44.4 cm³/mol. The molecular formula is C7H5NO4S. The van der Waals surface area contributed by atoms with E-state index in [4.69, 9.17) is 5.11 Å². The average molecular weight is 199 g/mol. The number of carboxylic acids is 1. The highest BCUT2D eigenvalue weighted by atomic mass is 32.2. The van der Waals surface area contributed by atoms with Crippen molar-refractivity contribution in [1.82, 2.24) is 0 Å². The van der Waals surface area contributed by atoms with Crippen LogP contribution in [0.25, 0.3) is 0 Å². The monoisotopic (exact) mass is 199 g/mol. The van der Waals surface area contributed by atoms with Crippen molar-refractivity contribution in [2.75, 3.05) is 0 Å². The molecule has 0 unspecified atom stereocenters. The third-order valence-corrected chi connectivity index (χ3v) is 1.65. The van der Waals surface area contributed by atoms with Crippen molar-refractivity contribution in [2.24, 2.45) is 4.36 Å². The SMILES string of the molecule is O=C(O)c1ccc(N=S(=O)=O)cc1. The zero-order valence-electron chi connectivity index (χ0n) is 6.34. The molecule has 0 aromatic heterocycles. The van der Waals surface area contributed by atoms with E-state index in [2.05, 4.69) is 4.36 Å². The minimum Gasteiger partial charge on any atom is -0.478 e. The fourth-order valence-electron chi connectivity index (χ4n) is 0.751. The molecule has 0 aliphatic rings. The first-order valence-electron chi connectivity index (χ1n) is 3.24. The summed E-state index contributed by atoms with van der Waals surface area (Å²) in [4.78, 5) is 10.4. The summed E-state index contributed by atoms with van der Waals surface area (Å²) in [6, 6.07) is 5.21. The van der Waals surface area contributed by atoms with Crippen molar-refractivity contribution in [3.8, 4) is 0 Å². The molecule has 0 saturated carbocycles. The van der Waals surface area contributed by atoms with Crippen LogP contribution in [0, 0.1) is 0 Å². The summed E-state index contributed by atoms with van der Waals surface area (Å²) in [6.07, 6.45) is 0. The summed E-state index contributed by atoms with van der Waals surface area (Å²) in [6.45, 7) is 0. The van der Waals surface area contributed by atoms with E-state index in [0.717, 1.165) is 0 Å². The van der Waals surface area contributed by atoms with Gasteiger partial charge in [0.05, 0.1) is 11.3 Å². The Morgan fingerprint density at radius 3 is 2.15 bits per heavy atom. The molecule has 6 heteroatoms. The zero-order valence-corrected chi connectivity index (χ0v) is 7.15. The molecule has 5 nitrogen and oxygen atoms in total. The number of hydrogen-bond acceptors (Lipinski definition) is 4. The number of rotatable bonds is 2. The minimum absolute atomic E-state index is 0.0932. The molecule has 1 N–H and O–H groups in total. The van der Waals surface area contributed by atoms with Crippen molar-refractivity contribution in [3.05, 3.63) is 29.8 Å². The van der Waals surface area contributed by atoms with E-state index >= 15 is 0 Å². The van der Waals surface area contributed by atoms with Crippen molar-refractivity contribution >= 4 is 22.2 Å². The van der Waals surface area contributed by atoms with Gasteiger partial charge in [-0.1, -0.05) is 0 Å². The molecule has 1 aromatic rings. The van der Waals surface area contributed by atoms with Crippen LogP contribution in [-0.4, -0.2) is 19.5 Å². The lowest BCUT2D eigenvalue weighted by Gasteiger charge is -1.92. The fourth-order valence-corrected chi connectivity index (χ4v) is 1.04. The van der Waals surface area contributed by atoms with Gasteiger partial charge in [0.1, 0.15) is 0 Å². The molecule has 0 fully saturated rings. The van der Waals surface area contributed by atoms with Gasteiger partial charge in [-0.2, -0.15) is 8.42 Å². The molecule has 0 radical (unpaired) electrons. The van der Waals surface area contributed by atoms with E-state index < -0.39 is 16.5 Å². The number of benzene rings is 1. The predicted octanol–water partition coefficient (Wildman–Crippen LogP) is 1.08. The largest absolute Gasteiger partial charge is 0.478 e. The molecular weight excluding hydrogens is 194 g/mol. The van der Waals surface area contributed by atoms with Crippen molar-refractivity contribution in [2.45, 2.75) is 0 Å². The summed E-state index contributed by atoms with van der Waals surface area (Å²) >= 11 is 0. The normalized spacial score (nSPS) is 9.23. The lowest BCUT2D eigenvalue weighted by molar-refractivity contribution is 0.0697. The second-order valence-corrected chi connectivity index (χ2v) is 2.78. The topological polar surface area (TPSA) is 83.8 Å². The van der Waals surface area contributed by atoms with Gasteiger partial charge in [-0.3, -0.25) is 0 Å². The minimum atomic E-state index is -2.51. The fraction of sp³-hybridized carbons (Fsp3) is 0. The van der Waals surface area contributed by atoms with Crippen LogP contribution in [-0.2, 0) is 10.5 Å². The summed E-state index contributed by atoms with van der Waals surface area (Å²) in [7, 11) is -2.51. The molecule has 68 valence electrons. The Hall–Kier alpha value is -1.69. The second-order valence-electron chi connectivity index (χ2n) is 2.16. The summed E-state index contributed by atoms with van der Waals surface area (Å²) in [5.41, 5.74) is 0.300. The Morgan fingerprint density at radius 1 is 1.23 bits per heavy atom. The van der Waals surface area contributed by atoms with Gasteiger partial charge in [-0.25, -0.2) is 4.79 Å². The highest BCUT2D eigenvalue weighted by Gasteiger charge is 2.00. The van der Waals surface area contributed by atoms with Gasteiger partial charge >= 0.3 is 16.5 Å². The lowest BCUT2D eigenvalue weighted by atomic mass is 10.2. The molecule has 0 aliphatic heterocycles. The Labute approximate surface area is 75.3 Å². The molecule has 1 aromatic carbocycles. The van der Waals surface area contributed by atoms with E-state index in [0.29, 0.717) is 0 Å². The van der Waals surface area contributed by atoms with Gasteiger partial charge in [0.25, 0.3) is 0 Å². The number of aromatic carboxylic acids is 1. The first-order chi connectivity index (χ1) is 6.09. The Morgan fingerprint density at radius 2 is 1.77 bits per heavy atom. The molecule has 0 aliphatic carbocycles. The van der Waals surface area contributed by atoms with Crippen LogP contribution in [0.4, 0.5) is 5.69 Å². The number of nitrogens with zero attached hydrogens (tertiary/aromatic N) is 1. The second kappa shape index (κ2) is 3.81. The van der Waals surface area contributed by atoms with Crippen molar-refractivity contribution in [1.29, 1.82) is 0 Å². The Kier molecular flexibility index (Phi) is 2.76. The van der Waals surface area contributed by atoms with Crippen LogP contribution in [0.1, 0.15) is 10.4 Å². The highest BCUT2D eigenvalue weighted by Crippen LogP contribution is 2.12. The lowest BCUT2D eigenvalue weighted by Crippen LogP contribution is -1.93. The van der Waals surface area contributed by atoms with Gasteiger partial charge < -0.3 is 5.11 Å². The van der Waals surface area contributed by atoms with Gasteiger partial charge in [-0.05, 0) is 24.3 Å². The molecule has 0 bridgehead atoms. The van der Waals surface area contributed by atoms with Crippen LogP contribution in [0.2, 0.25) is 0 Å². The van der Waals surface area contributed by atoms with Crippen LogP contribution in [0.15, 0.2) is 28.6 Å².